The minimum Gasteiger partial charge on any atom is -0.481 e. The number of carbonyl (C=O) groups excluding carboxylic acids is 1. The Morgan fingerprint density at radius 2 is 1.88 bits per heavy atom. The minimum atomic E-state index is -1.00. The molecule has 0 saturated carbocycles. The lowest BCUT2D eigenvalue weighted by atomic mass is 10.1. The van der Waals surface area contributed by atoms with Crippen molar-refractivity contribution in [2.24, 2.45) is 0 Å². The quantitative estimate of drug-likeness (QED) is 0.383. The van der Waals surface area contributed by atoms with Crippen molar-refractivity contribution >= 4 is 11.9 Å². The second-order valence-corrected chi connectivity index (χ2v) is 3.87. The Bertz CT molecular complexity index is 269. The molecule has 0 aromatic carbocycles. The average Bonchev–Trinajstić information content (AvgIpc) is 2.27. The largest absolute Gasteiger partial charge is 0.481 e. The van der Waals surface area contributed by atoms with Crippen LogP contribution >= 0.6 is 0 Å². The van der Waals surface area contributed by atoms with Gasteiger partial charge in [-0.25, -0.2) is 4.79 Å². The molecule has 0 aliphatic rings. The highest BCUT2D eigenvalue weighted by molar-refractivity contribution is 5.93. The maximum absolute atomic E-state index is 11.4. The van der Waals surface area contributed by atoms with Gasteiger partial charge in [0.2, 0.25) is 0 Å². The predicted octanol–water partition coefficient (Wildman–Crippen LogP) is 2.92. The third-order valence-corrected chi connectivity index (χ3v) is 2.33. The molecule has 0 amide bonds. The lowest BCUT2D eigenvalue weighted by molar-refractivity contribution is -0.142. The van der Waals surface area contributed by atoms with Crippen molar-refractivity contribution in [3.05, 3.63) is 11.6 Å². The summed E-state index contributed by atoms with van der Waals surface area (Å²) in [7, 11) is 0. The van der Waals surface area contributed by atoms with E-state index < -0.39 is 11.9 Å². The van der Waals surface area contributed by atoms with E-state index in [2.05, 4.69) is 6.92 Å². The van der Waals surface area contributed by atoms with Gasteiger partial charge in [-0.1, -0.05) is 32.3 Å². The van der Waals surface area contributed by atoms with Crippen LogP contribution in [0.1, 0.15) is 52.4 Å². The SMILES string of the molecule is CCCCCC/C=C(\CC(=O)O)C(=O)OCC. The van der Waals surface area contributed by atoms with E-state index in [1.165, 1.54) is 6.42 Å². The summed E-state index contributed by atoms with van der Waals surface area (Å²) in [5.74, 6) is -1.51. The molecule has 0 radical (unpaired) electrons. The van der Waals surface area contributed by atoms with Crippen molar-refractivity contribution < 1.29 is 19.4 Å². The van der Waals surface area contributed by atoms with Gasteiger partial charge in [0.15, 0.2) is 0 Å². The Kier molecular flexibility index (Phi) is 9.11. The molecular weight excluding hydrogens is 220 g/mol. The first-order valence-corrected chi connectivity index (χ1v) is 6.19. The molecule has 0 saturated heterocycles. The average molecular weight is 242 g/mol. The second-order valence-electron chi connectivity index (χ2n) is 3.87. The fourth-order valence-electron chi connectivity index (χ4n) is 1.46. The molecule has 0 fully saturated rings. The Morgan fingerprint density at radius 1 is 1.18 bits per heavy atom. The van der Waals surface area contributed by atoms with E-state index in [-0.39, 0.29) is 18.6 Å². The maximum Gasteiger partial charge on any atom is 0.334 e. The van der Waals surface area contributed by atoms with Crippen molar-refractivity contribution in [3.63, 3.8) is 0 Å². The zero-order valence-electron chi connectivity index (χ0n) is 10.7. The number of carbonyl (C=O) groups is 2. The van der Waals surface area contributed by atoms with Crippen LogP contribution in [0.25, 0.3) is 0 Å². The molecule has 0 aliphatic heterocycles. The summed E-state index contributed by atoms with van der Waals surface area (Å²) in [6.07, 6.45) is 6.59. The number of carboxylic acids is 1. The summed E-state index contributed by atoms with van der Waals surface area (Å²) in [6, 6.07) is 0. The lowest BCUT2D eigenvalue weighted by Crippen LogP contribution is -2.11. The van der Waals surface area contributed by atoms with Gasteiger partial charge in [-0.05, 0) is 19.8 Å². The summed E-state index contributed by atoms with van der Waals surface area (Å²) in [5.41, 5.74) is 0.260. The smallest absolute Gasteiger partial charge is 0.334 e. The van der Waals surface area contributed by atoms with Gasteiger partial charge in [0.25, 0.3) is 0 Å². The molecule has 4 nitrogen and oxygen atoms in total. The highest BCUT2D eigenvalue weighted by Crippen LogP contribution is 2.10. The van der Waals surface area contributed by atoms with E-state index in [1.807, 2.05) is 0 Å². The molecule has 0 unspecified atom stereocenters. The monoisotopic (exact) mass is 242 g/mol. The van der Waals surface area contributed by atoms with E-state index >= 15 is 0 Å². The Morgan fingerprint density at radius 3 is 2.41 bits per heavy atom. The van der Waals surface area contributed by atoms with Crippen molar-refractivity contribution in [2.75, 3.05) is 6.61 Å². The van der Waals surface area contributed by atoms with E-state index in [1.54, 1.807) is 13.0 Å². The van der Waals surface area contributed by atoms with Gasteiger partial charge in [0.05, 0.1) is 13.0 Å². The molecule has 4 heteroatoms. The number of rotatable bonds is 9. The zero-order valence-corrected chi connectivity index (χ0v) is 10.7. The second kappa shape index (κ2) is 9.87. The van der Waals surface area contributed by atoms with E-state index in [9.17, 15) is 9.59 Å². The van der Waals surface area contributed by atoms with Crippen LogP contribution in [0.15, 0.2) is 11.6 Å². The first-order chi connectivity index (χ1) is 8.11. The number of carboxylic acid groups (broad SMARTS) is 1. The number of allylic oxidation sites excluding steroid dienone is 1. The molecule has 0 spiro atoms. The van der Waals surface area contributed by atoms with Gasteiger partial charge in [0, 0.05) is 5.57 Å². The van der Waals surface area contributed by atoms with Gasteiger partial charge >= 0.3 is 11.9 Å². The Hall–Kier alpha value is -1.32. The van der Waals surface area contributed by atoms with Gasteiger partial charge in [-0.3, -0.25) is 4.79 Å². The maximum atomic E-state index is 11.4. The summed E-state index contributed by atoms with van der Waals surface area (Å²) >= 11 is 0. The topological polar surface area (TPSA) is 63.6 Å². The van der Waals surface area contributed by atoms with Crippen molar-refractivity contribution in [1.29, 1.82) is 0 Å². The van der Waals surface area contributed by atoms with Crippen molar-refractivity contribution in [3.8, 4) is 0 Å². The van der Waals surface area contributed by atoms with Crippen LogP contribution in [-0.4, -0.2) is 23.7 Å². The summed E-state index contributed by atoms with van der Waals surface area (Å²) in [5, 5.41) is 8.69. The molecule has 0 aromatic rings. The Labute approximate surface area is 103 Å². The third kappa shape index (κ3) is 8.48. The van der Waals surface area contributed by atoms with Gasteiger partial charge in [0.1, 0.15) is 0 Å². The molecular formula is C13H22O4. The lowest BCUT2D eigenvalue weighted by Gasteiger charge is -2.04. The number of hydrogen-bond donors (Lipinski definition) is 1. The summed E-state index contributed by atoms with van der Waals surface area (Å²) in [4.78, 5) is 22.0. The van der Waals surface area contributed by atoms with Crippen LogP contribution < -0.4 is 0 Å². The molecule has 0 aromatic heterocycles. The van der Waals surface area contributed by atoms with Gasteiger partial charge in [-0.15, -0.1) is 0 Å². The normalized spacial score (nSPS) is 11.3. The first kappa shape index (κ1) is 15.7. The number of esters is 1. The number of hydrogen-bond acceptors (Lipinski definition) is 3. The minimum absolute atomic E-state index is 0.257. The molecule has 98 valence electrons. The first-order valence-electron chi connectivity index (χ1n) is 6.19. The van der Waals surface area contributed by atoms with Crippen molar-refractivity contribution in [2.45, 2.75) is 52.4 Å². The fourth-order valence-corrected chi connectivity index (χ4v) is 1.46. The van der Waals surface area contributed by atoms with E-state index in [0.717, 1.165) is 25.7 Å². The summed E-state index contributed by atoms with van der Waals surface area (Å²) in [6.45, 7) is 4.10. The van der Waals surface area contributed by atoms with Crippen LogP contribution in [0.3, 0.4) is 0 Å². The highest BCUT2D eigenvalue weighted by atomic mass is 16.5. The van der Waals surface area contributed by atoms with Crippen LogP contribution in [0.2, 0.25) is 0 Å². The van der Waals surface area contributed by atoms with Gasteiger partial charge < -0.3 is 9.84 Å². The number of aliphatic carboxylic acids is 1. The van der Waals surface area contributed by atoms with Crippen molar-refractivity contribution in [1.82, 2.24) is 0 Å². The molecule has 0 aliphatic carbocycles. The van der Waals surface area contributed by atoms with E-state index in [0.29, 0.717) is 0 Å². The molecule has 0 rings (SSSR count). The van der Waals surface area contributed by atoms with Crippen LogP contribution in [0.5, 0.6) is 0 Å². The van der Waals surface area contributed by atoms with Crippen LogP contribution in [0, 0.1) is 0 Å². The van der Waals surface area contributed by atoms with Gasteiger partial charge in [-0.2, -0.15) is 0 Å². The summed E-state index contributed by atoms with van der Waals surface area (Å²) < 4.78 is 4.81. The molecule has 1 N–H and O–H groups in total. The Balaban J connectivity index is 4.20. The van der Waals surface area contributed by atoms with Crippen LogP contribution in [0.4, 0.5) is 0 Å². The third-order valence-electron chi connectivity index (χ3n) is 2.33. The number of unbranched alkanes of at least 4 members (excludes halogenated alkanes) is 4. The highest BCUT2D eigenvalue weighted by Gasteiger charge is 2.13. The molecule has 0 atom stereocenters. The predicted molar refractivity (Wildman–Crippen MR) is 65.7 cm³/mol. The van der Waals surface area contributed by atoms with E-state index in [4.69, 9.17) is 9.84 Å². The fraction of sp³-hybridized carbons (Fsp3) is 0.692. The molecule has 0 bridgehead atoms. The van der Waals surface area contributed by atoms with Crippen LogP contribution in [-0.2, 0) is 14.3 Å². The molecule has 17 heavy (non-hydrogen) atoms. The standard InChI is InChI=1S/C13H22O4/c1-3-5-6-7-8-9-11(10-12(14)15)13(16)17-4-2/h9H,3-8,10H2,1-2H3,(H,14,15)/b11-9+. The zero-order chi connectivity index (χ0) is 13.1. The number of ether oxygens (including phenoxy) is 1. The molecule has 0 heterocycles.